The van der Waals surface area contributed by atoms with E-state index in [4.69, 9.17) is 30.6 Å². The number of aliphatic hydroxyl groups excluding tert-OH is 6. The molecule has 0 heterocycles. The van der Waals surface area contributed by atoms with Gasteiger partial charge in [-0.1, -0.05) is 0 Å². The maximum atomic E-state index is 7.57. The minimum atomic E-state index is 0.250. The van der Waals surface area contributed by atoms with E-state index in [9.17, 15) is 0 Å². The molecule has 0 aromatic heterocycles. The largest absolute Gasteiger partial charge is 0.397 e. The molecule has 120 valence electrons. The van der Waals surface area contributed by atoms with Crippen molar-refractivity contribution in [1.82, 2.24) is 0 Å². The Morgan fingerprint density at radius 1 is 0.333 bits per heavy atom. The molecule has 6 nitrogen and oxygen atoms in total. The van der Waals surface area contributed by atoms with Gasteiger partial charge in [0.25, 0.3) is 0 Å². The van der Waals surface area contributed by atoms with Gasteiger partial charge < -0.3 is 30.6 Å². The summed E-state index contributed by atoms with van der Waals surface area (Å²) in [5.41, 5.74) is 0. The smallest absolute Gasteiger partial charge is 0.0402 e. The summed E-state index contributed by atoms with van der Waals surface area (Å²) in [6, 6.07) is 0. The highest BCUT2D eigenvalue weighted by Gasteiger charge is 1.35. The van der Waals surface area contributed by atoms with Gasteiger partial charge in [0, 0.05) is 39.6 Å². The lowest BCUT2D eigenvalue weighted by molar-refractivity contribution is 0.318. The van der Waals surface area contributed by atoms with E-state index in [-0.39, 0.29) is 39.6 Å². The Morgan fingerprint density at radius 2 is 0.333 bits per heavy atom. The fraction of sp³-hybridized carbons (Fsp3) is 1.00. The third kappa shape index (κ3) is 59600. The monoisotopic (exact) mass is 276 g/mol. The lowest BCUT2D eigenvalue weighted by Crippen LogP contribution is -1.57. The molecule has 6 heteroatoms. The van der Waals surface area contributed by atoms with Gasteiger partial charge in [0.2, 0.25) is 0 Å². The zero-order valence-electron chi connectivity index (χ0n) is 12.9. The quantitative estimate of drug-likeness (QED) is 0.370. The van der Waals surface area contributed by atoms with Crippen molar-refractivity contribution in [3.05, 3.63) is 0 Å². The van der Waals surface area contributed by atoms with E-state index >= 15 is 0 Å². The molecule has 18 heavy (non-hydrogen) atoms. The van der Waals surface area contributed by atoms with Crippen LogP contribution in [0.4, 0.5) is 0 Å². The van der Waals surface area contributed by atoms with Crippen molar-refractivity contribution in [3.8, 4) is 0 Å². The van der Waals surface area contributed by atoms with E-state index in [2.05, 4.69) is 0 Å². The lowest BCUT2D eigenvalue weighted by atomic mass is 10.9. The Kier molecular flexibility index (Phi) is 251. The van der Waals surface area contributed by atoms with Crippen molar-refractivity contribution in [1.29, 1.82) is 0 Å². The van der Waals surface area contributed by atoms with E-state index < -0.39 is 0 Å². The summed E-state index contributed by atoms with van der Waals surface area (Å²) in [4.78, 5) is 0. The standard InChI is InChI=1S/6C2H6O/c6*1-2-3/h6*3H,2H2,1H3. The molecule has 0 aliphatic rings. The maximum absolute atomic E-state index is 7.57. The summed E-state index contributed by atoms with van der Waals surface area (Å²) in [5.74, 6) is 0. The maximum Gasteiger partial charge on any atom is 0.0402 e. The highest BCUT2D eigenvalue weighted by Crippen LogP contribution is 1.31. The molecular formula is C12H36O6. The zero-order valence-corrected chi connectivity index (χ0v) is 12.9. The molecule has 0 fully saturated rings. The molecule has 0 amide bonds. The van der Waals surface area contributed by atoms with E-state index in [0.717, 1.165) is 0 Å². The molecule has 0 atom stereocenters. The van der Waals surface area contributed by atoms with Crippen molar-refractivity contribution in [3.63, 3.8) is 0 Å². The first-order chi connectivity index (χ1) is 8.49. The van der Waals surface area contributed by atoms with Gasteiger partial charge in [-0.2, -0.15) is 0 Å². The second-order valence-electron chi connectivity index (χ2n) is 1.90. The summed E-state index contributed by atoms with van der Waals surface area (Å²) in [5, 5.41) is 45.4. The highest BCUT2D eigenvalue weighted by atomic mass is 16.3. The highest BCUT2D eigenvalue weighted by molar-refractivity contribution is 3.85. The lowest BCUT2D eigenvalue weighted by Gasteiger charge is -1.52. The van der Waals surface area contributed by atoms with E-state index in [1.807, 2.05) is 0 Å². The van der Waals surface area contributed by atoms with Gasteiger partial charge in [0.05, 0.1) is 0 Å². The van der Waals surface area contributed by atoms with Crippen molar-refractivity contribution >= 4 is 0 Å². The molecule has 0 unspecified atom stereocenters. The van der Waals surface area contributed by atoms with E-state index in [0.29, 0.717) is 0 Å². The minimum absolute atomic E-state index is 0.250. The van der Waals surface area contributed by atoms with Gasteiger partial charge in [-0.05, 0) is 41.5 Å². The van der Waals surface area contributed by atoms with Crippen LogP contribution in [-0.4, -0.2) is 70.3 Å². The van der Waals surface area contributed by atoms with Gasteiger partial charge in [0.1, 0.15) is 0 Å². The molecule has 0 aromatic rings. The molecule has 0 radical (unpaired) electrons. The average Bonchev–Trinajstić information content (AvgIpc) is 2.23. The van der Waals surface area contributed by atoms with E-state index in [1.165, 1.54) is 0 Å². The van der Waals surface area contributed by atoms with Crippen LogP contribution < -0.4 is 0 Å². The van der Waals surface area contributed by atoms with Gasteiger partial charge in [-0.3, -0.25) is 0 Å². The summed E-state index contributed by atoms with van der Waals surface area (Å²) < 4.78 is 0. The van der Waals surface area contributed by atoms with Crippen molar-refractivity contribution in [2.24, 2.45) is 0 Å². The van der Waals surface area contributed by atoms with Crippen LogP contribution in [0.2, 0.25) is 0 Å². The molecular weight excluding hydrogens is 240 g/mol. The van der Waals surface area contributed by atoms with Crippen LogP contribution in [0.25, 0.3) is 0 Å². The molecule has 0 saturated carbocycles. The summed E-state index contributed by atoms with van der Waals surface area (Å²) in [6.07, 6.45) is 0. The Balaban J connectivity index is -0.0000000240. The first-order valence-corrected chi connectivity index (χ1v) is 6.14. The van der Waals surface area contributed by atoms with Crippen molar-refractivity contribution in [2.45, 2.75) is 41.5 Å². The third-order valence-corrected chi connectivity index (χ3v) is 0. The Labute approximate surface area is 113 Å². The van der Waals surface area contributed by atoms with Crippen LogP contribution in [0.1, 0.15) is 41.5 Å². The predicted molar refractivity (Wildman–Crippen MR) is 76.6 cm³/mol. The average molecular weight is 276 g/mol. The number of hydrogen-bond acceptors (Lipinski definition) is 6. The molecule has 0 aromatic carbocycles. The molecule has 0 rings (SSSR count). The minimum Gasteiger partial charge on any atom is -0.397 e. The van der Waals surface area contributed by atoms with Crippen LogP contribution in [0.3, 0.4) is 0 Å². The fourth-order valence-electron chi connectivity index (χ4n) is 0. The molecule has 0 spiro atoms. The summed E-state index contributed by atoms with van der Waals surface area (Å²) in [7, 11) is 0. The Bertz CT molecular complexity index is 32.0. The van der Waals surface area contributed by atoms with Crippen LogP contribution >= 0.6 is 0 Å². The van der Waals surface area contributed by atoms with Gasteiger partial charge in [-0.25, -0.2) is 0 Å². The number of aliphatic hydroxyl groups is 6. The van der Waals surface area contributed by atoms with Crippen molar-refractivity contribution < 1.29 is 30.6 Å². The first kappa shape index (κ1) is 36.1. The molecule has 6 N–H and O–H groups in total. The van der Waals surface area contributed by atoms with Crippen LogP contribution in [0.15, 0.2) is 0 Å². The van der Waals surface area contributed by atoms with Crippen molar-refractivity contribution in [2.75, 3.05) is 39.6 Å². The van der Waals surface area contributed by atoms with Crippen LogP contribution in [-0.2, 0) is 0 Å². The molecule has 0 aliphatic heterocycles. The van der Waals surface area contributed by atoms with Crippen LogP contribution in [0, 0.1) is 0 Å². The van der Waals surface area contributed by atoms with Gasteiger partial charge >= 0.3 is 0 Å². The zero-order chi connectivity index (χ0) is 16.2. The second-order valence-corrected chi connectivity index (χ2v) is 1.90. The summed E-state index contributed by atoms with van der Waals surface area (Å²) in [6.45, 7) is 11.6. The molecule has 0 saturated heterocycles. The number of hydrogen-bond donors (Lipinski definition) is 6. The van der Waals surface area contributed by atoms with Gasteiger partial charge in [0.15, 0.2) is 0 Å². The second kappa shape index (κ2) is 125. The third-order valence-electron chi connectivity index (χ3n) is 0. The predicted octanol–water partition coefficient (Wildman–Crippen LogP) is -0.00840. The Hall–Kier alpha value is -0.240. The SMILES string of the molecule is CCO.CCO.CCO.CCO.CCO.CCO. The van der Waals surface area contributed by atoms with Crippen LogP contribution in [0.5, 0.6) is 0 Å². The first-order valence-electron chi connectivity index (χ1n) is 6.14. The number of rotatable bonds is 0. The topological polar surface area (TPSA) is 121 Å². The summed E-state index contributed by atoms with van der Waals surface area (Å²) >= 11 is 0. The normalized spacial score (nSPS) is 6.00. The molecule has 0 aliphatic carbocycles. The molecule has 0 bridgehead atoms. The Morgan fingerprint density at radius 3 is 0.333 bits per heavy atom. The van der Waals surface area contributed by atoms with E-state index in [1.54, 1.807) is 41.5 Å². The van der Waals surface area contributed by atoms with Gasteiger partial charge in [-0.15, -0.1) is 0 Å². The fourth-order valence-corrected chi connectivity index (χ4v) is 0.